The summed E-state index contributed by atoms with van der Waals surface area (Å²) < 4.78 is 22.2. The van der Waals surface area contributed by atoms with Gasteiger partial charge in [-0.15, -0.1) is 0 Å². The van der Waals surface area contributed by atoms with Gasteiger partial charge in [-0.2, -0.15) is 4.31 Å². The Morgan fingerprint density at radius 3 is 1.09 bits per heavy atom. The third-order valence-electron chi connectivity index (χ3n) is 0.213. The molecule has 0 aliphatic carbocycles. The normalized spacial score (nSPS) is 11.3. The molecule has 0 aromatic rings. The van der Waals surface area contributed by atoms with Gasteiger partial charge in [0, 0.05) is 26.2 Å². The number of rotatable bonds is 2. The minimum atomic E-state index is -5.05. The largest absolute Gasteiger partial charge is 0 e. The molecule has 11 heavy (non-hydrogen) atoms. The zero-order chi connectivity index (χ0) is 7.71. The monoisotopic (exact) mass is 310 g/mol. The second-order valence-corrected chi connectivity index (χ2v) is 3.68. The molecule has 0 aromatic carbocycles. The Hall–Kier alpha value is 2.40. The molecule has 0 saturated heterocycles. The van der Waals surface area contributed by atoms with E-state index >= 15 is 0 Å². The molecule has 7 nitrogen and oxygen atoms in total. The molecule has 0 unspecified atom stereocenters. The maximum Gasteiger partial charge on any atom is 0 e. The molecule has 0 amide bonds. The third kappa shape index (κ3) is 19.0. The van der Waals surface area contributed by atoms with E-state index in [1.165, 1.54) is 0 Å². The Morgan fingerprint density at radius 1 is 0.909 bits per heavy atom. The molecule has 0 atom stereocenters. The Morgan fingerprint density at radius 2 is 1.09 bits per heavy atom. The quantitative estimate of drug-likeness (QED) is 0.353. The van der Waals surface area contributed by atoms with Crippen LogP contribution in [0.15, 0.2) is 0 Å². The molecule has 0 aromatic heterocycles. The second kappa shape index (κ2) is 6.80. The van der Waals surface area contributed by atoms with Crippen LogP contribution in [0.5, 0.6) is 0 Å². The van der Waals surface area contributed by atoms with Crippen molar-refractivity contribution in [3.05, 3.63) is 0 Å². The molecule has 11 heteroatoms. The van der Waals surface area contributed by atoms with Crippen LogP contribution in [-0.4, -0.2) is 57.3 Å². The Labute approximate surface area is 111 Å². The van der Waals surface area contributed by atoms with Gasteiger partial charge in [-0.1, -0.05) is 0 Å². The van der Waals surface area contributed by atoms with Crippen LogP contribution in [0, 0.1) is 0 Å². The van der Waals surface area contributed by atoms with Crippen molar-refractivity contribution in [2.24, 2.45) is 0 Å². The van der Waals surface area contributed by atoms with Gasteiger partial charge in [-0.05, 0) is 0 Å². The van der Waals surface area contributed by atoms with Gasteiger partial charge in [-0.25, -0.2) is 9.13 Å². The summed E-state index contributed by atoms with van der Waals surface area (Å²) >= 11 is 0. The van der Waals surface area contributed by atoms with Crippen LogP contribution in [0.1, 0.15) is 0 Å². The minimum absolute atomic E-state index is 0. The van der Waals surface area contributed by atoms with Crippen LogP contribution in [0.25, 0.3) is 0 Å². The number of hydrogen-bond acceptors (Lipinski definition) is 3. The van der Waals surface area contributed by atoms with Gasteiger partial charge in [0.2, 0.25) is 0 Å². The molecular weight excluding hydrogens is 305 g/mol. The number of phosphoric acid groups is 2. The molecule has 0 aliphatic heterocycles. The van der Waals surface area contributed by atoms with E-state index in [1.54, 1.807) is 0 Å². The van der Waals surface area contributed by atoms with Gasteiger partial charge >= 0.3 is 53.4 Å². The van der Waals surface area contributed by atoms with Gasteiger partial charge in [0.05, 0.1) is 0 Å². The van der Waals surface area contributed by atoms with Crippen LogP contribution in [0.3, 0.4) is 0 Å². The van der Waals surface area contributed by atoms with E-state index in [1.807, 2.05) is 0 Å². The zero-order valence-electron chi connectivity index (χ0n) is 4.41. The molecule has 0 heterocycles. The van der Waals surface area contributed by atoms with Crippen molar-refractivity contribution in [2.75, 3.05) is 0 Å². The first-order chi connectivity index (χ1) is 3.71. The molecule has 0 spiro atoms. The summed E-state index contributed by atoms with van der Waals surface area (Å²) in [6, 6.07) is 0. The first-order valence-corrected chi connectivity index (χ1v) is 4.59. The molecule has 4 N–H and O–H groups in total. The Kier molecular flexibility index (Phi) is 11.8. The molecule has 0 rings (SSSR count). The molecule has 64 valence electrons. The smallest absolute Gasteiger partial charge is 0 e. The van der Waals surface area contributed by atoms with Gasteiger partial charge in [-0.3, -0.25) is 0 Å². The maximum absolute atomic E-state index is 9.63. The van der Waals surface area contributed by atoms with E-state index in [0.29, 0.717) is 0 Å². The fourth-order valence-electron chi connectivity index (χ4n) is 0.139. The summed E-state index contributed by atoms with van der Waals surface area (Å²) in [7, 11) is -10.1. The van der Waals surface area contributed by atoms with Crippen molar-refractivity contribution in [3.8, 4) is 0 Å². The van der Waals surface area contributed by atoms with Crippen molar-refractivity contribution in [1.29, 1.82) is 0 Å². The molecule has 0 bridgehead atoms. The SMILES string of the molecule is O=P(O)(O)OP(=O)(O)O.[CaH2].[Zr]. The van der Waals surface area contributed by atoms with Crippen molar-refractivity contribution in [3.63, 3.8) is 0 Å². The van der Waals surface area contributed by atoms with Gasteiger partial charge < -0.3 is 19.6 Å². The summed E-state index contributed by atoms with van der Waals surface area (Å²) in [6.07, 6.45) is 0. The van der Waals surface area contributed by atoms with Crippen molar-refractivity contribution >= 4 is 53.4 Å². The van der Waals surface area contributed by atoms with E-state index in [2.05, 4.69) is 4.31 Å². The second-order valence-electron chi connectivity index (χ2n) is 1.06. The molecule has 0 radical (unpaired) electrons. The molecular formula is H6CaO7P2Zr. The van der Waals surface area contributed by atoms with Gasteiger partial charge in [0.15, 0.2) is 0 Å². The Bertz CT molecular complexity index is 157. The minimum Gasteiger partial charge on any atom is 0 e. The first kappa shape index (κ1) is 19.1. The molecule has 0 fully saturated rings. The fourth-order valence-corrected chi connectivity index (χ4v) is 1.25. The summed E-state index contributed by atoms with van der Waals surface area (Å²) in [6.45, 7) is 0. The summed E-state index contributed by atoms with van der Waals surface area (Å²) in [5, 5.41) is 0. The van der Waals surface area contributed by atoms with Crippen molar-refractivity contribution in [1.82, 2.24) is 0 Å². The van der Waals surface area contributed by atoms with E-state index < -0.39 is 15.6 Å². The summed E-state index contributed by atoms with van der Waals surface area (Å²) in [5.41, 5.74) is 0. The Balaban J connectivity index is -0.000000320. The maximum atomic E-state index is 9.63. The summed E-state index contributed by atoms with van der Waals surface area (Å²) in [5.74, 6) is 0. The van der Waals surface area contributed by atoms with Crippen molar-refractivity contribution in [2.45, 2.75) is 0 Å². The first-order valence-electron chi connectivity index (χ1n) is 1.53. The zero-order valence-corrected chi connectivity index (χ0v) is 8.65. The van der Waals surface area contributed by atoms with Crippen LogP contribution in [0.2, 0.25) is 0 Å². The van der Waals surface area contributed by atoms with Crippen molar-refractivity contribution < 1.29 is 59.2 Å². The van der Waals surface area contributed by atoms with E-state index in [-0.39, 0.29) is 63.9 Å². The van der Waals surface area contributed by atoms with E-state index in [4.69, 9.17) is 19.6 Å². The third-order valence-corrected chi connectivity index (χ3v) is 1.91. The topological polar surface area (TPSA) is 124 Å². The average Bonchev–Trinajstić information content (AvgIpc) is 1.14. The van der Waals surface area contributed by atoms with Crippen LogP contribution in [0.4, 0.5) is 0 Å². The van der Waals surface area contributed by atoms with Gasteiger partial charge in [0.25, 0.3) is 0 Å². The fraction of sp³-hybridized carbons (Fsp3) is 0. The van der Waals surface area contributed by atoms with E-state index in [0.717, 1.165) is 0 Å². The summed E-state index contributed by atoms with van der Waals surface area (Å²) in [4.78, 5) is 31.0. The predicted molar refractivity (Wildman–Crippen MR) is 33.7 cm³/mol. The van der Waals surface area contributed by atoms with E-state index in [9.17, 15) is 9.13 Å². The van der Waals surface area contributed by atoms with Crippen LogP contribution >= 0.6 is 15.6 Å². The average molecular weight is 311 g/mol. The van der Waals surface area contributed by atoms with Crippen LogP contribution < -0.4 is 0 Å². The number of hydrogen-bond donors (Lipinski definition) is 4. The van der Waals surface area contributed by atoms with Crippen LogP contribution in [-0.2, 0) is 39.6 Å². The molecule has 0 aliphatic rings. The van der Waals surface area contributed by atoms with Gasteiger partial charge in [0.1, 0.15) is 0 Å². The standard InChI is InChI=1S/Ca.H4O7P2.Zr.2H/c;1-8(2,3)7-9(4,5)6;;;/h;(H2,1,2,3)(H2,4,5,6);;;. The predicted octanol–water partition coefficient (Wildman–Crippen LogP) is -1.73. The molecule has 0 saturated carbocycles.